The van der Waals surface area contributed by atoms with Crippen molar-refractivity contribution >= 4 is 11.7 Å². The number of ether oxygens (including phenoxy) is 1. The highest BCUT2D eigenvalue weighted by molar-refractivity contribution is 5.93. The van der Waals surface area contributed by atoms with Crippen LogP contribution in [0.15, 0.2) is 18.2 Å². The third kappa shape index (κ3) is 2.53. The maximum Gasteiger partial charge on any atom is 0.254 e. The molecule has 0 saturated carbocycles. The standard InChI is InChI=1S/C11H14N2O2/c1-8-4-2-6-10(12-8)13-11(14)9-5-3-7-15-9/h2,4,6,9H,3,5,7H2,1H3,(H,12,13,14)/t9-/m0/s1. The molecule has 4 heteroatoms. The summed E-state index contributed by atoms with van der Waals surface area (Å²) in [4.78, 5) is 15.8. The molecule has 0 aromatic carbocycles. The third-order valence-electron chi connectivity index (χ3n) is 2.36. The second-order valence-electron chi connectivity index (χ2n) is 3.66. The fourth-order valence-electron chi connectivity index (χ4n) is 1.60. The zero-order valence-corrected chi connectivity index (χ0v) is 8.69. The van der Waals surface area contributed by atoms with Gasteiger partial charge in [-0.05, 0) is 31.9 Å². The molecule has 1 aliphatic rings. The lowest BCUT2D eigenvalue weighted by atomic mass is 10.2. The monoisotopic (exact) mass is 206 g/mol. The SMILES string of the molecule is Cc1cccc(NC(=O)[C@@H]2CCCO2)n1. The Morgan fingerprint density at radius 1 is 1.60 bits per heavy atom. The Kier molecular flexibility index (Phi) is 2.97. The van der Waals surface area contributed by atoms with Crippen LogP contribution in [0.25, 0.3) is 0 Å². The van der Waals surface area contributed by atoms with Crippen molar-refractivity contribution in [1.29, 1.82) is 0 Å². The number of aryl methyl sites for hydroxylation is 1. The molecule has 2 rings (SSSR count). The molecule has 0 spiro atoms. The largest absolute Gasteiger partial charge is 0.368 e. The fraction of sp³-hybridized carbons (Fsp3) is 0.455. The van der Waals surface area contributed by atoms with E-state index in [1.165, 1.54) is 0 Å². The van der Waals surface area contributed by atoms with E-state index in [1.807, 2.05) is 19.1 Å². The van der Waals surface area contributed by atoms with E-state index in [4.69, 9.17) is 4.74 Å². The molecule has 1 aromatic rings. The van der Waals surface area contributed by atoms with E-state index in [9.17, 15) is 4.79 Å². The van der Waals surface area contributed by atoms with Crippen molar-refractivity contribution in [3.63, 3.8) is 0 Å². The molecule has 1 aromatic heterocycles. The van der Waals surface area contributed by atoms with Gasteiger partial charge in [-0.2, -0.15) is 0 Å². The smallest absolute Gasteiger partial charge is 0.254 e. The summed E-state index contributed by atoms with van der Waals surface area (Å²) in [5, 5.41) is 2.75. The Balaban J connectivity index is 1.99. The van der Waals surface area contributed by atoms with Crippen molar-refractivity contribution in [3.05, 3.63) is 23.9 Å². The van der Waals surface area contributed by atoms with E-state index in [2.05, 4.69) is 10.3 Å². The molecule has 1 saturated heterocycles. The minimum atomic E-state index is -0.299. The molecule has 2 heterocycles. The number of amides is 1. The molecule has 1 amide bonds. The highest BCUT2D eigenvalue weighted by atomic mass is 16.5. The third-order valence-corrected chi connectivity index (χ3v) is 2.36. The van der Waals surface area contributed by atoms with Crippen LogP contribution in [-0.2, 0) is 9.53 Å². The quantitative estimate of drug-likeness (QED) is 0.798. The summed E-state index contributed by atoms with van der Waals surface area (Å²) in [6.07, 6.45) is 1.46. The van der Waals surface area contributed by atoms with Crippen LogP contribution in [0.1, 0.15) is 18.5 Å². The fourth-order valence-corrected chi connectivity index (χ4v) is 1.60. The molecule has 15 heavy (non-hydrogen) atoms. The van der Waals surface area contributed by atoms with Gasteiger partial charge < -0.3 is 10.1 Å². The van der Waals surface area contributed by atoms with Gasteiger partial charge in [-0.3, -0.25) is 4.79 Å². The second kappa shape index (κ2) is 4.40. The molecule has 0 aliphatic carbocycles. The number of carbonyl (C=O) groups is 1. The number of rotatable bonds is 2. The summed E-state index contributed by atoms with van der Waals surface area (Å²) in [6, 6.07) is 5.54. The summed E-state index contributed by atoms with van der Waals surface area (Å²) in [7, 11) is 0. The molecule has 1 fully saturated rings. The van der Waals surface area contributed by atoms with Crippen molar-refractivity contribution in [2.75, 3.05) is 11.9 Å². The van der Waals surface area contributed by atoms with E-state index in [0.29, 0.717) is 12.4 Å². The highest BCUT2D eigenvalue weighted by Gasteiger charge is 2.23. The van der Waals surface area contributed by atoms with Crippen LogP contribution in [0.3, 0.4) is 0 Å². The number of pyridine rings is 1. The Morgan fingerprint density at radius 3 is 3.13 bits per heavy atom. The van der Waals surface area contributed by atoms with Gasteiger partial charge in [0.1, 0.15) is 11.9 Å². The van der Waals surface area contributed by atoms with Crippen molar-refractivity contribution in [2.45, 2.75) is 25.9 Å². The number of carbonyl (C=O) groups excluding carboxylic acids is 1. The van der Waals surface area contributed by atoms with E-state index >= 15 is 0 Å². The van der Waals surface area contributed by atoms with Crippen molar-refractivity contribution in [3.8, 4) is 0 Å². The molecule has 1 N–H and O–H groups in total. The maximum absolute atomic E-state index is 11.6. The minimum Gasteiger partial charge on any atom is -0.368 e. The van der Waals surface area contributed by atoms with Crippen LogP contribution < -0.4 is 5.32 Å². The van der Waals surface area contributed by atoms with Crippen LogP contribution >= 0.6 is 0 Å². The van der Waals surface area contributed by atoms with Gasteiger partial charge in [-0.15, -0.1) is 0 Å². The van der Waals surface area contributed by atoms with Gasteiger partial charge in [0, 0.05) is 12.3 Å². The number of hydrogen-bond acceptors (Lipinski definition) is 3. The van der Waals surface area contributed by atoms with Crippen LogP contribution in [0, 0.1) is 6.92 Å². The summed E-state index contributed by atoms with van der Waals surface area (Å²) in [5.41, 5.74) is 0.889. The topological polar surface area (TPSA) is 51.2 Å². The number of nitrogens with zero attached hydrogens (tertiary/aromatic N) is 1. The van der Waals surface area contributed by atoms with Crippen LogP contribution in [0.5, 0.6) is 0 Å². The van der Waals surface area contributed by atoms with Gasteiger partial charge in [0.25, 0.3) is 5.91 Å². The molecule has 1 aliphatic heterocycles. The van der Waals surface area contributed by atoms with Crippen molar-refractivity contribution < 1.29 is 9.53 Å². The molecule has 4 nitrogen and oxygen atoms in total. The Bertz CT molecular complexity index is 359. The molecule has 80 valence electrons. The molecule has 0 radical (unpaired) electrons. The van der Waals surface area contributed by atoms with Gasteiger partial charge in [-0.25, -0.2) is 4.98 Å². The van der Waals surface area contributed by atoms with Gasteiger partial charge >= 0.3 is 0 Å². The second-order valence-corrected chi connectivity index (χ2v) is 3.66. The number of nitrogens with one attached hydrogen (secondary N) is 1. The first-order valence-electron chi connectivity index (χ1n) is 5.12. The zero-order chi connectivity index (χ0) is 10.7. The summed E-state index contributed by atoms with van der Waals surface area (Å²) < 4.78 is 5.28. The average molecular weight is 206 g/mol. The zero-order valence-electron chi connectivity index (χ0n) is 8.69. The first-order valence-corrected chi connectivity index (χ1v) is 5.12. The Labute approximate surface area is 88.7 Å². The lowest BCUT2D eigenvalue weighted by Crippen LogP contribution is -2.27. The van der Waals surface area contributed by atoms with E-state index < -0.39 is 0 Å². The first-order chi connectivity index (χ1) is 7.25. The number of aromatic nitrogens is 1. The number of anilines is 1. The molecule has 0 bridgehead atoms. The average Bonchev–Trinajstić information content (AvgIpc) is 2.70. The molecular formula is C11H14N2O2. The van der Waals surface area contributed by atoms with E-state index in [1.54, 1.807) is 6.07 Å². The number of hydrogen-bond donors (Lipinski definition) is 1. The normalized spacial score (nSPS) is 20.2. The van der Waals surface area contributed by atoms with Crippen molar-refractivity contribution in [2.24, 2.45) is 0 Å². The summed E-state index contributed by atoms with van der Waals surface area (Å²) in [5.74, 6) is 0.501. The lowest BCUT2D eigenvalue weighted by molar-refractivity contribution is -0.124. The summed E-state index contributed by atoms with van der Waals surface area (Å²) >= 11 is 0. The Morgan fingerprint density at radius 2 is 2.47 bits per heavy atom. The van der Waals surface area contributed by atoms with Crippen molar-refractivity contribution in [1.82, 2.24) is 4.98 Å². The molecule has 0 unspecified atom stereocenters. The van der Waals surface area contributed by atoms with Crippen LogP contribution in [-0.4, -0.2) is 23.6 Å². The first kappa shape index (κ1) is 10.1. The van der Waals surface area contributed by atoms with Gasteiger partial charge in [0.15, 0.2) is 0 Å². The van der Waals surface area contributed by atoms with E-state index in [-0.39, 0.29) is 12.0 Å². The molecule has 1 atom stereocenters. The predicted molar refractivity (Wildman–Crippen MR) is 56.6 cm³/mol. The predicted octanol–water partition coefficient (Wildman–Crippen LogP) is 1.51. The van der Waals surface area contributed by atoms with Crippen LogP contribution in [0.2, 0.25) is 0 Å². The van der Waals surface area contributed by atoms with E-state index in [0.717, 1.165) is 18.5 Å². The maximum atomic E-state index is 11.6. The Hall–Kier alpha value is -1.42. The summed E-state index contributed by atoms with van der Waals surface area (Å²) in [6.45, 7) is 2.57. The van der Waals surface area contributed by atoms with Crippen LogP contribution in [0.4, 0.5) is 5.82 Å². The van der Waals surface area contributed by atoms with Gasteiger partial charge in [0.05, 0.1) is 0 Å². The van der Waals surface area contributed by atoms with Gasteiger partial charge in [-0.1, -0.05) is 6.07 Å². The minimum absolute atomic E-state index is 0.0920. The molecular weight excluding hydrogens is 192 g/mol. The highest BCUT2D eigenvalue weighted by Crippen LogP contribution is 2.14. The lowest BCUT2D eigenvalue weighted by Gasteiger charge is -2.09. The van der Waals surface area contributed by atoms with Gasteiger partial charge in [0.2, 0.25) is 0 Å².